The number of benzene rings is 1. The third-order valence-corrected chi connectivity index (χ3v) is 4.18. The smallest absolute Gasteiger partial charge is 0.0466 e. The van der Waals surface area contributed by atoms with Gasteiger partial charge in [-0.05, 0) is 38.0 Å². The highest BCUT2D eigenvalue weighted by molar-refractivity contribution is 7.09. The number of hydrogen-bond donors (Lipinski definition) is 1. The van der Waals surface area contributed by atoms with Crippen LogP contribution in [0, 0.1) is 6.92 Å². The van der Waals surface area contributed by atoms with Crippen molar-refractivity contribution >= 4 is 11.3 Å². The van der Waals surface area contributed by atoms with Crippen molar-refractivity contribution in [3.63, 3.8) is 0 Å². The molecule has 2 nitrogen and oxygen atoms in total. The molecule has 0 radical (unpaired) electrons. The zero-order chi connectivity index (χ0) is 13.7. The lowest BCUT2D eigenvalue weighted by molar-refractivity contribution is 0.288. The molecule has 1 unspecified atom stereocenters. The number of aryl methyl sites for hydroxylation is 1. The fourth-order valence-corrected chi connectivity index (χ4v) is 2.81. The Hall–Kier alpha value is -1.16. The van der Waals surface area contributed by atoms with Gasteiger partial charge in [0.1, 0.15) is 0 Å². The monoisotopic (exact) mass is 274 g/mol. The van der Waals surface area contributed by atoms with Crippen LogP contribution in [0.25, 0.3) is 0 Å². The van der Waals surface area contributed by atoms with Gasteiger partial charge in [0.25, 0.3) is 0 Å². The van der Waals surface area contributed by atoms with E-state index in [4.69, 9.17) is 0 Å². The minimum atomic E-state index is 0.417. The van der Waals surface area contributed by atoms with Crippen LogP contribution in [-0.4, -0.2) is 25.5 Å². The molecule has 3 heteroatoms. The molecule has 0 amide bonds. The average Bonchev–Trinajstić information content (AvgIpc) is 2.89. The van der Waals surface area contributed by atoms with E-state index in [0.29, 0.717) is 6.04 Å². The summed E-state index contributed by atoms with van der Waals surface area (Å²) in [7, 11) is 4.27. The second kappa shape index (κ2) is 6.85. The molecule has 0 spiro atoms. The number of likely N-dealkylation sites (N-methyl/N-ethyl adjacent to an activating group) is 1. The maximum atomic E-state index is 3.55. The Morgan fingerprint density at radius 3 is 2.47 bits per heavy atom. The molecule has 0 bridgehead atoms. The van der Waals surface area contributed by atoms with Crippen LogP contribution in [0.4, 0.5) is 0 Å². The average molecular weight is 274 g/mol. The standard InChI is InChI=1S/C16H22N2S/c1-13-6-8-14(9-7-13)16(18(2)3)12-17-11-15-5-4-10-19-15/h4-10,16-17H,11-12H2,1-3H3. The predicted molar refractivity (Wildman–Crippen MR) is 83.6 cm³/mol. The van der Waals surface area contributed by atoms with Crippen molar-refractivity contribution in [3.05, 3.63) is 57.8 Å². The van der Waals surface area contributed by atoms with Crippen molar-refractivity contribution in [2.75, 3.05) is 20.6 Å². The summed E-state index contributed by atoms with van der Waals surface area (Å²) in [6, 6.07) is 13.5. The molecule has 1 heterocycles. The fourth-order valence-electron chi connectivity index (χ4n) is 2.13. The van der Waals surface area contributed by atoms with Crippen LogP contribution in [0.15, 0.2) is 41.8 Å². The molecule has 0 saturated carbocycles. The van der Waals surface area contributed by atoms with Crippen molar-refractivity contribution in [1.29, 1.82) is 0 Å². The van der Waals surface area contributed by atoms with Crippen LogP contribution in [0.5, 0.6) is 0 Å². The lowest BCUT2D eigenvalue weighted by Crippen LogP contribution is -2.30. The molecule has 1 N–H and O–H groups in total. The highest BCUT2D eigenvalue weighted by atomic mass is 32.1. The van der Waals surface area contributed by atoms with Crippen molar-refractivity contribution < 1.29 is 0 Å². The van der Waals surface area contributed by atoms with E-state index >= 15 is 0 Å². The van der Waals surface area contributed by atoms with E-state index in [9.17, 15) is 0 Å². The largest absolute Gasteiger partial charge is 0.310 e. The Labute approximate surface area is 120 Å². The lowest BCUT2D eigenvalue weighted by atomic mass is 10.0. The second-order valence-electron chi connectivity index (χ2n) is 5.10. The van der Waals surface area contributed by atoms with Gasteiger partial charge in [0.05, 0.1) is 0 Å². The van der Waals surface area contributed by atoms with Crippen molar-refractivity contribution in [2.24, 2.45) is 0 Å². The summed E-state index contributed by atoms with van der Waals surface area (Å²) in [6.45, 7) is 4.05. The summed E-state index contributed by atoms with van der Waals surface area (Å²) in [5.74, 6) is 0. The minimum Gasteiger partial charge on any atom is -0.310 e. The molecule has 0 fully saturated rings. The third-order valence-electron chi connectivity index (χ3n) is 3.30. The van der Waals surface area contributed by atoms with Crippen LogP contribution < -0.4 is 5.32 Å². The number of rotatable bonds is 6. The molecule has 0 saturated heterocycles. The summed E-state index contributed by atoms with van der Waals surface area (Å²) in [5, 5.41) is 5.68. The van der Waals surface area contributed by atoms with Crippen LogP contribution in [0.3, 0.4) is 0 Å². The Balaban J connectivity index is 1.94. The summed E-state index contributed by atoms with van der Waals surface area (Å²) >= 11 is 1.80. The normalized spacial score (nSPS) is 12.8. The van der Waals surface area contributed by atoms with Gasteiger partial charge in [0.2, 0.25) is 0 Å². The first kappa shape index (κ1) is 14.3. The Morgan fingerprint density at radius 1 is 1.16 bits per heavy atom. The topological polar surface area (TPSA) is 15.3 Å². The van der Waals surface area contributed by atoms with E-state index in [1.165, 1.54) is 16.0 Å². The van der Waals surface area contributed by atoms with Gasteiger partial charge in [-0.2, -0.15) is 0 Å². The minimum absolute atomic E-state index is 0.417. The first-order valence-corrected chi connectivity index (χ1v) is 7.51. The predicted octanol–water partition coefficient (Wildman–Crippen LogP) is 3.45. The van der Waals surface area contributed by atoms with Gasteiger partial charge in [-0.3, -0.25) is 0 Å². The van der Waals surface area contributed by atoms with E-state index < -0.39 is 0 Å². The molecule has 0 aliphatic carbocycles. The van der Waals surface area contributed by atoms with Gasteiger partial charge in [-0.15, -0.1) is 11.3 Å². The Kier molecular flexibility index (Phi) is 5.14. The highest BCUT2D eigenvalue weighted by Crippen LogP contribution is 2.18. The van der Waals surface area contributed by atoms with Crippen molar-refractivity contribution in [3.8, 4) is 0 Å². The second-order valence-corrected chi connectivity index (χ2v) is 6.13. The Bertz CT molecular complexity index is 474. The molecule has 102 valence electrons. The number of thiophene rings is 1. The zero-order valence-corrected chi connectivity index (χ0v) is 12.7. The number of hydrogen-bond acceptors (Lipinski definition) is 3. The van der Waals surface area contributed by atoms with Gasteiger partial charge in [-0.25, -0.2) is 0 Å². The molecular formula is C16H22N2S. The first-order chi connectivity index (χ1) is 9.16. The van der Waals surface area contributed by atoms with Gasteiger partial charge in [-0.1, -0.05) is 35.9 Å². The number of nitrogens with one attached hydrogen (secondary N) is 1. The molecule has 2 rings (SSSR count). The van der Waals surface area contributed by atoms with Gasteiger partial charge in [0, 0.05) is 24.0 Å². The van der Waals surface area contributed by atoms with Gasteiger partial charge < -0.3 is 10.2 Å². The molecule has 1 aromatic carbocycles. The number of nitrogens with zero attached hydrogens (tertiary/aromatic N) is 1. The van der Waals surface area contributed by atoms with E-state index in [2.05, 4.69) is 73.0 Å². The lowest BCUT2D eigenvalue weighted by Gasteiger charge is -2.25. The Morgan fingerprint density at radius 2 is 1.89 bits per heavy atom. The first-order valence-electron chi connectivity index (χ1n) is 6.63. The maximum Gasteiger partial charge on any atom is 0.0466 e. The molecule has 0 aliphatic heterocycles. The van der Waals surface area contributed by atoms with Crippen LogP contribution >= 0.6 is 11.3 Å². The highest BCUT2D eigenvalue weighted by Gasteiger charge is 2.13. The van der Waals surface area contributed by atoms with Crippen LogP contribution in [0.1, 0.15) is 22.0 Å². The van der Waals surface area contributed by atoms with E-state index in [-0.39, 0.29) is 0 Å². The van der Waals surface area contributed by atoms with Crippen LogP contribution in [-0.2, 0) is 6.54 Å². The quantitative estimate of drug-likeness (QED) is 0.868. The third kappa shape index (κ3) is 4.16. The summed E-state index contributed by atoms with van der Waals surface area (Å²) in [6.07, 6.45) is 0. The van der Waals surface area contributed by atoms with E-state index in [1.807, 2.05) is 0 Å². The SMILES string of the molecule is Cc1ccc(C(CNCc2cccs2)N(C)C)cc1. The molecule has 0 aliphatic rings. The molecule has 1 aromatic heterocycles. The molecular weight excluding hydrogens is 252 g/mol. The van der Waals surface area contributed by atoms with Crippen molar-refractivity contribution in [2.45, 2.75) is 19.5 Å². The van der Waals surface area contributed by atoms with Gasteiger partial charge in [0.15, 0.2) is 0 Å². The molecule has 19 heavy (non-hydrogen) atoms. The maximum absolute atomic E-state index is 3.55. The zero-order valence-electron chi connectivity index (χ0n) is 11.9. The van der Waals surface area contributed by atoms with Crippen LogP contribution in [0.2, 0.25) is 0 Å². The molecule has 1 atom stereocenters. The van der Waals surface area contributed by atoms with Crippen molar-refractivity contribution in [1.82, 2.24) is 10.2 Å². The van der Waals surface area contributed by atoms with E-state index in [0.717, 1.165) is 13.1 Å². The van der Waals surface area contributed by atoms with E-state index in [1.54, 1.807) is 11.3 Å². The fraction of sp³-hybridized carbons (Fsp3) is 0.375. The molecule has 2 aromatic rings. The van der Waals surface area contributed by atoms with Gasteiger partial charge >= 0.3 is 0 Å². The summed E-state index contributed by atoms with van der Waals surface area (Å²) in [5.41, 5.74) is 2.68. The summed E-state index contributed by atoms with van der Waals surface area (Å²) in [4.78, 5) is 3.66. The summed E-state index contributed by atoms with van der Waals surface area (Å²) < 4.78 is 0.